The molecule has 6 heteroatoms. The van der Waals surface area contributed by atoms with E-state index in [4.69, 9.17) is 0 Å². The summed E-state index contributed by atoms with van der Waals surface area (Å²) in [5.41, 5.74) is 0.966. The number of aromatic nitrogens is 1. The molecule has 0 aliphatic rings. The minimum Gasteiger partial charge on any atom is -0.351 e. The van der Waals surface area contributed by atoms with Gasteiger partial charge in [0.05, 0.1) is 4.88 Å². The Labute approximate surface area is 134 Å². The van der Waals surface area contributed by atoms with Crippen molar-refractivity contribution in [2.75, 3.05) is 20.1 Å². The van der Waals surface area contributed by atoms with E-state index in [9.17, 15) is 9.59 Å². The van der Waals surface area contributed by atoms with Gasteiger partial charge in [0, 0.05) is 44.9 Å². The van der Waals surface area contributed by atoms with Gasteiger partial charge in [-0.1, -0.05) is 12.1 Å². The Morgan fingerprint density at radius 3 is 2.82 bits per heavy atom. The maximum absolute atomic E-state index is 12.0. The summed E-state index contributed by atoms with van der Waals surface area (Å²) in [5.74, 6) is -0.110. The van der Waals surface area contributed by atoms with E-state index in [1.165, 1.54) is 11.3 Å². The highest BCUT2D eigenvalue weighted by Crippen LogP contribution is 2.07. The van der Waals surface area contributed by atoms with Gasteiger partial charge in [0.25, 0.3) is 5.91 Å². The van der Waals surface area contributed by atoms with Crippen molar-refractivity contribution >= 4 is 23.2 Å². The number of hydrogen-bond acceptors (Lipinski definition) is 4. The summed E-state index contributed by atoms with van der Waals surface area (Å²) in [6.45, 7) is 0.970. The van der Waals surface area contributed by atoms with E-state index in [-0.39, 0.29) is 11.8 Å². The number of pyridine rings is 1. The van der Waals surface area contributed by atoms with Crippen LogP contribution >= 0.6 is 11.3 Å². The van der Waals surface area contributed by atoms with E-state index in [0.29, 0.717) is 24.4 Å². The molecular formula is C16H19N3O2S. The number of likely N-dealkylation sites (N-methyl/N-ethyl adjacent to an activating group) is 1. The topological polar surface area (TPSA) is 62.3 Å². The van der Waals surface area contributed by atoms with E-state index in [1.54, 1.807) is 24.2 Å². The SMILES string of the molecule is CN(CCc1ccccn1)C(=O)CCNC(=O)c1cccs1. The standard InChI is InChI=1S/C16H19N3O2S/c1-19(11-8-13-5-2-3-9-17-13)15(20)7-10-18-16(21)14-6-4-12-22-14/h2-6,9,12H,7-8,10-11H2,1H3,(H,18,21). The van der Waals surface area contributed by atoms with Gasteiger partial charge < -0.3 is 10.2 Å². The van der Waals surface area contributed by atoms with Crippen LogP contribution in [0.5, 0.6) is 0 Å². The lowest BCUT2D eigenvalue weighted by molar-refractivity contribution is -0.129. The first kappa shape index (κ1) is 16.2. The number of thiophene rings is 1. The predicted molar refractivity (Wildman–Crippen MR) is 86.8 cm³/mol. The highest BCUT2D eigenvalue weighted by Gasteiger charge is 2.10. The first-order valence-corrected chi connectivity index (χ1v) is 8.00. The monoisotopic (exact) mass is 317 g/mol. The summed E-state index contributed by atoms with van der Waals surface area (Å²) in [6.07, 6.45) is 2.78. The van der Waals surface area contributed by atoms with Crippen LogP contribution in [0.15, 0.2) is 41.9 Å². The van der Waals surface area contributed by atoms with Gasteiger partial charge in [-0.3, -0.25) is 14.6 Å². The molecule has 0 aliphatic heterocycles. The van der Waals surface area contributed by atoms with Gasteiger partial charge in [-0.25, -0.2) is 0 Å². The van der Waals surface area contributed by atoms with E-state index in [2.05, 4.69) is 10.3 Å². The lowest BCUT2D eigenvalue weighted by Crippen LogP contribution is -2.33. The van der Waals surface area contributed by atoms with Gasteiger partial charge in [-0.2, -0.15) is 0 Å². The fraction of sp³-hybridized carbons (Fsp3) is 0.312. The van der Waals surface area contributed by atoms with Gasteiger partial charge in [0.2, 0.25) is 5.91 Å². The maximum atomic E-state index is 12.0. The lowest BCUT2D eigenvalue weighted by Gasteiger charge is -2.17. The maximum Gasteiger partial charge on any atom is 0.261 e. The minimum absolute atomic E-state index is 0.0161. The summed E-state index contributed by atoms with van der Waals surface area (Å²) >= 11 is 1.39. The fourth-order valence-corrected chi connectivity index (χ4v) is 2.56. The van der Waals surface area contributed by atoms with Crippen LogP contribution in [0.4, 0.5) is 0 Å². The van der Waals surface area contributed by atoms with Crippen molar-refractivity contribution in [2.45, 2.75) is 12.8 Å². The van der Waals surface area contributed by atoms with Crippen molar-refractivity contribution in [3.05, 3.63) is 52.5 Å². The fourth-order valence-electron chi connectivity index (χ4n) is 1.92. The highest BCUT2D eigenvalue weighted by molar-refractivity contribution is 7.12. The third-order valence-corrected chi connectivity index (χ3v) is 4.09. The molecule has 5 nitrogen and oxygen atoms in total. The Morgan fingerprint density at radius 2 is 2.14 bits per heavy atom. The van der Waals surface area contributed by atoms with Crippen LogP contribution in [0.2, 0.25) is 0 Å². The molecule has 0 saturated heterocycles. The molecule has 0 aliphatic carbocycles. The second-order valence-electron chi connectivity index (χ2n) is 4.87. The van der Waals surface area contributed by atoms with Crippen LogP contribution in [-0.4, -0.2) is 41.8 Å². The summed E-state index contributed by atoms with van der Waals surface area (Å²) in [6, 6.07) is 9.34. The van der Waals surface area contributed by atoms with Crippen LogP contribution in [0.1, 0.15) is 21.8 Å². The molecule has 0 radical (unpaired) electrons. The van der Waals surface area contributed by atoms with Crippen LogP contribution in [-0.2, 0) is 11.2 Å². The molecule has 0 saturated carbocycles. The first-order chi connectivity index (χ1) is 10.7. The summed E-state index contributed by atoms with van der Waals surface area (Å²) in [5, 5.41) is 4.61. The Hall–Kier alpha value is -2.21. The van der Waals surface area contributed by atoms with Crippen molar-refractivity contribution in [1.29, 1.82) is 0 Å². The van der Waals surface area contributed by atoms with Crippen LogP contribution in [0.25, 0.3) is 0 Å². The largest absolute Gasteiger partial charge is 0.351 e. The van der Waals surface area contributed by atoms with Crippen molar-refractivity contribution in [3.63, 3.8) is 0 Å². The molecule has 22 heavy (non-hydrogen) atoms. The molecule has 0 bridgehead atoms. The average Bonchev–Trinajstić information content (AvgIpc) is 3.08. The van der Waals surface area contributed by atoms with Gasteiger partial charge in [0.15, 0.2) is 0 Å². The number of nitrogens with zero attached hydrogens (tertiary/aromatic N) is 2. The molecule has 0 fully saturated rings. The second kappa shape index (κ2) is 8.29. The predicted octanol–water partition coefficient (Wildman–Crippen LogP) is 1.96. The average molecular weight is 317 g/mol. The smallest absolute Gasteiger partial charge is 0.261 e. The summed E-state index contributed by atoms with van der Waals surface area (Å²) < 4.78 is 0. The highest BCUT2D eigenvalue weighted by atomic mass is 32.1. The summed E-state index contributed by atoms with van der Waals surface area (Å²) in [7, 11) is 1.77. The first-order valence-electron chi connectivity index (χ1n) is 7.12. The number of amides is 2. The Kier molecular flexibility index (Phi) is 6.09. The van der Waals surface area contributed by atoms with Gasteiger partial charge in [-0.05, 0) is 23.6 Å². The van der Waals surface area contributed by atoms with Crippen molar-refractivity contribution < 1.29 is 9.59 Å². The molecule has 0 aromatic carbocycles. The molecule has 2 aromatic heterocycles. The second-order valence-corrected chi connectivity index (χ2v) is 5.82. The Bertz CT molecular complexity index is 599. The van der Waals surface area contributed by atoms with Crippen molar-refractivity contribution in [2.24, 2.45) is 0 Å². The number of hydrogen-bond donors (Lipinski definition) is 1. The van der Waals surface area contributed by atoms with Gasteiger partial charge >= 0.3 is 0 Å². The quantitative estimate of drug-likeness (QED) is 0.849. The van der Waals surface area contributed by atoms with Gasteiger partial charge in [-0.15, -0.1) is 11.3 Å². The van der Waals surface area contributed by atoms with Crippen LogP contribution < -0.4 is 5.32 Å². The molecule has 1 N–H and O–H groups in total. The molecule has 0 atom stereocenters. The van der Waals surface area contributed by atoms with E-state index in [1.807, 2.05) is 29.6 Å². The molecule has 2 amide bonds. The zero-order chi connectivity index (χ0) is 15.8. The zero-order valence-electron chi connectivity index (χ0n) is 12.5. The van der Waals surface area contributed by atoms with Crippen molar-refractivity contribution in [1.82, 2.24) is 15.2 Å². The van der Waals surface area contributed by atoms with E-state index < -0.39 is 0 Å². The normalized spacial score (nSPS) is 10.2. The number of carbonyl (C=O) groups is 2. The molecular weight excluding hydrogens is 298 g/mol. The Morgan fingerprint density at radius 1 is 1.27 bits per heavy atom. The number of carbonyl (C=O) groups excluding carboxylic acids is 2. The number of nitrogens with one attached hydrogen (secondary N) is 1. The molecule has 116 valence electrons. The molecule has 2 heterocycles. The Balaban J connectivity index is 1.67. The summed E-state index contributed by atoms with van der Waals surface area (Å²) in [4.78, 5) is 30.3. The zero-order valence-corrected chi connectivity index (χ0v) is 13.3. The van der Waals surface area contributed by atoms with Gasteiger partial charge in [0.1, 0.15) is 0 Å². The molecule has 0 unspecified atom stereocenters. The van der Waals surface area contributed by atoms with Crippen molar-refractivity contribution in [3.8, 4) is 0 Å². The molecule has 0 spiro atoms. The third kappa shape index (κ3) is 4.96. The van der Waals surface area contributed by atoms with Crippen LogP contribution in [0.3, 0.4) is 0 Å². The van der Waals surface area contributed by atoms with E-state index in [0.717, 1.165) is 12.1 Å². The molecule has 2 aromatic rings. The molecule has 2 rings (SSSR count). The third-order valence-electron chi connectivity index (χ3n) is 3.22. The van der Waals surface area contributed by atoms with E-state index >= 15 is 0 Å². The lowest BCUT2D eigenvalue weighted by atomic mass is 10.2. The minimum atomic E-state index is -0.126. The van der Waals surface area contributed by atoms with Crippen LogP contribution in [0, 0.1) is 0 Å². The number of rotatable bonds is 7.